The molecule has 0 bridgehead atoms. The van der Waals surface area contributed by atoms with E-state index in [0.717, 1.165) is 11.1 Å². The molecule has 3 aromatic carbocycles. The van der Waals surface area contributed by atoms with E-state index in [2.05, 4.69) is 10.6 Å². The fourth-order valence-electron chi connectivity index (χ4n) is 5.02. The van der Waals surface area contributed by atoms with Gasteiger partial charge in [0.2, 0.25) is 11.8 Å². The normalized spacial score (nSPS) is 23.7. The number of para-hydroxylation sites is 2. The zero-order chi connectivity index (χ0) is 26.0. The highest BCUT2D eigenvalue weighted by Crippen LogP contribution is 2.46. The molecule has 7 heteroatoms. The topological polar surface area (TPSA) is 95.5 Å². The van der Waals surface area contributed by atoms with Crippen LogP contribution in [0.2, 0.25) is 0 Å². The number of halogens is 1. The number of nitrogens with one attached hydrogen (secondary N) is 2. The number of aliphatic hydroxyl groups is 1. The summed E-state index contributed by atoms with van der Waals surface area (Å²) in [4.78, 5) is 40.6. The maximum absolute atomic E-state index is 13.8. The van der Waals surface area contributed by atoms with Crippen molar-refractivity contribution < 1.29 is 23.9 Å². The predicted octanol–water partition coefficient (Wildman–Crippen LogP) is 4.76. The van der Waals surface area contributed by atoms with Gasteiger partial charge < -0.3 is 15.7 Å². The Labute approximate surface area is 209 Å². The number of benzene rings is 3. The van der Waals surface area contributed by atoms with Crippen LogP contribution in [0.3, 0.4) is 0 Å². The molecule has 6 nitrogen and oxygen atoms in total. The molecule has 186 valence electrons. The monoisotopic (exact) mass is 488 g/mol. The lowest BCUT2D eigenvalue weighted by atomic mass is 9.61. The molecule has 1 fully saturated rings. The van der Waals surface area contributed by atoms with Crippen LogP contribution in [0.15, 0.2) is 72.8 Å². The summed E-state index contributed by atoms with van der Waals surface area (Å²) < 4.78 is 13.8. The van der Waals surface area contributed by atoms with E-state index in [1.165, 1.54) is 31.2 Å². The third-order valence-corrected chi connectivity index (χ3v) is 6.89. The summed E-state index contributed by atoms with van der Waals surface area (Å²) in [5, 5.41) is 17.0. The van der Waals surface area contributed by atoms with Gasteiger partial charge in [-0.1, -0.05) is 48.5 Å². The lowest BCUT2D eigenvalue weighted by Crippen LogP contribution is -2.56. The first kappa shape index (κ1) is 25.3. The number of ketones is 1. The number of amides is 2. The summed E-state index contributed by atoms with van der Waals surface area (Å²) in [7, 11) is 0. The number of hydrogen-bond donors (Lipinski definition) is 3. The van der Waals surface area contributed by atoms with E-state index in [1.54, 1.807) is 24.3 Å². The molecule has 4 rings (SSSR count). The second-order valence-electron chi connectivity index (χ2n) is 9.64. The Balaban J connectivity index is 1.78. The minimum absolute atomic E-state index is 0.373. The van der Waals surface area contributed by atoms with Gasteiger partial charge in [-0.3, -0.25) is 14.4 Å². The largest absolute Gasteiger partial charge is 0.389 e. The van der Waals surface area contributed by atoms with E-state index in [9.17, 15) is 23.9 Å². The second-order valence-corrected chi connectivity index (χ2v) is 9.64. The molecule has 36 heavy (non-hydrogen) atoms. The third-order valence-electron chi connectivity index (χ3n) is 6.89. The fraction of sp³-hybridized carbons (Fsp3) is 0.276. The maximum Gasteiger partial charge on any atom is 0.235 e. The summed E-state index contributed by atoms with van der Waals surface area (Å²) in [6, 6.07) is 19.7. The molecule has 0 aromatic heterocycles. The van der Waals surface area contributed by atoms with Crippen molar-refractivity contribution in [2.24, 2.45) is 11.8 Å². The van der Waals surface area contributed by atoms with Crippen LogP contribution in [0.5, 0.6) is 0 Å². The van der Waals surface area contributed by atoms with Crippen LogP contribution in [-0.4, -0.2) is 28.3 Å². The highest BCUT2D eigenvalue weighted by atomic mass is 19.1. The van der Waals surface area contributed by atoms with E-state index in [4.69, 9.17) is 0 Å². The molecule has 0 unspecified atom stereocenters. The summed E-state index contributed by atoms with van der Waals surface area (Å²) >= 11 is 0. The fourth-order valence-corrected chi connectivity index (χ4v) is 5.02. The molecule has 0 aliphatic heterocycles. The number of aryl methyl sites for hydroxylation is 2. The van der Waals surface area contributed by atoms with Gasteiger partial charge in [-0.2, -0.15) is 0 Å². The van der Waals surface area contributed by atoms with E-state index in [1.807, 2.05) is 38.1 Å². The Morgan fingerprint density at radius 2 is 1.36 bits per heavy atom. The van der Waals surface area contributed by atoms with Crippen molar-refractivity contribution in [2.75, 3.05) is 10.6 Å². The van der Waals surface area contributed by atoms with Gasteiger partial charge in [0.15, 0.2) is 0 Å². The Morgan fingerprint density at radius 3 is 1.89 bits per heavy atom. The maximum atomic E-state index is 13.8. The highest BCUT2D eigenvalue weighted by Gasteiger charge is 2.56. The van der Waals surface area contributed by atoms with Crippen LogP contribution in [0.1, 0.15) is 36.0 Å². The van der Waals surface area contributed by atoms with Gasteiger partial charge in [-0.15, -0.1) is 0 Å². The zero-order valence-corrected chi connectivity index (χ0v) is 20.4. The first-order valence-corrected chi connectivity index (χ1v) is 11.8. The number of Topliss-reactive ketones (excluding diaryl/α,β-unsaturated/α-hetero) is 1. The summed E-state index contributed by atoms with van der Waals surface area (Å²) in [6.45, 7) is 5.10. The van der Waals surface area contributed by atoms with Gasteiger partial charge in [0.1, 0.15) is 17.5 Å². The quantitative estimate of drug-likeness (QED) is 0.451. The van der Waals surface area contributed by atoms with E-state index < -0.39 is 46.8 Å². The Bertz CT molecular complexity index is 1300. The number of rotatable bonds is 5. The predicted molar refractivity (Wildman–Crippen MR) is 136 cm³/mol. The zero-order valence-electron chi connectivity index (χ0n) is 20.4. The first-order chi connectivity index (χ1) is 17.1. The van der Waals surface area contributed by atoms with E-state index in [0.29, 0.717) is 16.9 Å². The first-order valence-electron chi connectivity index (χ1n) is 11.8. The molecule has 3 N–H and O–H groups in total. The number of anilines is 2. The lowest BCUT2D eigenvalue weighted by Gasteiger charge is -2.44. The Morgan fingerprint density at radius 1 is 0.861 bits per heavy atom. The minimum Gasteiger partial charge on any atom is -0.389 e. The Kier molecular flexibility index (Phi) is 7.04. The van der Waals surface area contributed by atoms with Gasteiger partial charge >= 0.3 is 0 Å². The van der Waals surface area contributed by atoms with Gasteiger partial charge in [0.05, 0.1) is 11.5 Å². The lowest BCUT2D eigenvalue weighted by molar-refractivity contribution is -0.150. The van der Waals surface area contributed by atoms with Crippen LogP contribution in [0.4, 0.5) is 15.8 Å². The molecule has 1 aliphatic carbocycles. The SMILES string of the molecule is Cc1ccccc1NC(=O)[C@H]1C(=O)C[C@@](C)(O)[C@@H](C(=O)Nc2ccccc2C)[C@@H]1c1ccc(F)cc1. The van der Waals surface area contributed by atoms with Gasteiger partial charge in [-0.25, -0.2) is 4.39 Å². The van der Waals surface area contributed by atoms with Crippen molar-refractivity contribution in [2.45, 2.75) is 38.7 Å². The van der Waals surface area contributed by atoms with Crippen LogP contribution >= 0.6 is 0 Å². The standard InChI is InChI=1S/C29H29FN2O4/c1-17-8-4-6-10-21(17)31-27(34)25-23(33)16-29(3,36)26(24(25)19-12-14-20(30)15-13-19)28(35)32-22-11-7-5-9-18(22)2/h4-15,24-26,36H,16H2,1-3H3,(H,31,34)(H,32,35)/t24-,25+,26-,29-/m1/s1. The summed E-state index contributed by atoms with van der Waals surface area (Å²) in [6.07, 6.45) is -0.373. The molecule has 3 aromatic rings. The second kappa shape index (κ2) is 10.0. The molecule has 1 saturated carbocycles. The molecule has 2 amide bonds. The molecule has 0 radical (unpaired) electrons. The molecule has 0 saturated heterocycles. The molecule has 0 heterocycles. The van der Waals surface area contributed by atoms with Crippen LogP contribution in [0, 0.1) is 31.5 Å². The number of hydrogen-bond acceptors (Lipinski definition) is 4. The van der Waals surface area contributed by atoms with Crippen molar-refractivity contribution >= 4 is 29.0 Å². The van der Waals surface area contributed by atoms with Gasteiger partial charge in [-0.05, 0) is 61.7 Å². The molecule has 1 aliphatic rings. The molecule has 0 spiro atoms. The Hall–Kier alpha value is -3.84. The summed E-state index contributed by atoms with van der Waals surface area (Å²) in [5.74, 6) is -5.52. The van der Waals surface area contributed by atoms with Gasteiger partial charge in [0.25, 0.3) is 0 Å². The molecular formula is C29H29FN2O4. The van der Waals surface area contributed by atoms with Crippen molar-refractivity contribution in [3.05, 3.63) is 95.3 Å². The average molecular weight is 489 g/mol. The van der Waals surface area contributed by atoms with Gasteiger partial charge in [0, 0.05) is 23.7 Å². The molecule has 4 atom stereocenters. The summed E-state index contributed by atoms with van der Waals surface area (Å²) in [5.41, 5.74) is 1.43. The number of carbonyl (C=O) groups excluding carboxylic acids is 3. The van der Waals surface area contributed by atoms with E-state index >= 15 is 0 Å². The molecular weight excluding hydrogens is 459 g/mol. The van der Waals surface area contributed by atoms with Crippen molar-refractivity contribution in [1.82, 2.24) is 0 Å². The highest BCUT2D eigenvalue weighted by molar-refractivity contribution is 6.10. The third kappa shape index (κ3) is 5.06. The van der Waals surface area contributed by atoms with Crippen molar-refractivity contribution in [3.8, 4) is 0 Å². The van der Waals surface area contributed by atoms with Crippen LogP contribution < -0.4 is 10.6 Å². The van der Waals surface area contributed by atoms with E-state index in [-0.39, 0.29) is 6.42 Å². The van der Waals surface area contributed by atoms with Crippen LogP contribution in [0.25, 0.3) is 0 Å². The minimum atomic E-state index is -1.73. The average Bonchev–Trinajstić information content (AvgIpc) is 2.81. The van der Waals surface area contributed by atoms with Crippen molar-refractivity contribution in [1.29, 1.82) is 0 Å². The smallest absolute Gasteiger partial charge is 0.235 e. The van der Waals surface area contributed by atoms with Crippen LogP contribution in [-0.2, 0) is 14.4 Å². The number of carbonyl (C=O) groups is 3. The van der Waals surface area contributed by atoms with Crippen molar-refractivity contribution in [3.63, 3.8) is 0 Å².